The van der Waals surface area contributed by atoms with E-state index in [1.54, 1.807) is 12.1 Å². The van der Waals surface area contributed by atoms with E-state index in [1.165, 1.54) is 12.8 Å². The Bertz CT molecular complexity index is 1810. The summed E-state index contributed by atoms with van der Waals surface area (Å²) in [5.74, 6) is 0.459. The maximum absolute atomic E-state index is 17.0. The Hall–Kier alpha value is -3.76. The second kappa shape index (κ2) is 9.87. The van der Waals surface area contributed by atoms with Crippen LogP contribution >= 0.6 is 0 Å². The zero-order valence-electron chi connectivity index (χ0n) is 25.0. The van der Waals surface area contributed by atoms with E-state index in [2.05, 4.69) is 22.0 Å². The van der Waals surface area contributed by atoms with Crippen molar-refractivity contribution in [3.05, 3.63) is 41.7 Å². The highest BCUT2D eigenvalue weighted by Gasteiger charge is 2.46. The van der Waals surface area contributed by atoms with Crippen molar-refractivity contribution in [2.75, 3.05) is 37.7 Å². The van der Waals surface area contributed by atoms with Crippen molar-refractivity contribution in [1.82, 2.24) is 25.2 Å². The molecule has 0 amide bonds. The van der Waals surface area contributed by atoms with E-state index in [9.17, 15) is 5.11 Å². The zero-order chi connectivity index (χ0) is 29.6. The molecule has 4 saturated heterocycles. The highest BCUT2D eigenvalue weighted by atomic mass is 19.1. The van der Waals surface area contributed by atoms with Crippen LogP contribution in [-0.4, -0.2) is 81.5 Å². The van der Waals surface area contributed by atoms with Gasteiger partial charge < -0.3 is 24.8 Å². The van der Waals surface area contributed by atoms with E-state index < -0.39 is 5.82 Å². The molecule has 4 aromatic rings. The highest BCUT2D eigenvalue weighted by molar-refractivity contribution is 6.03. The minimum atomic E-state index is -0.559. The molecule has 3 atom stereocenters. The summed E-state index contributed by atoms with van der Waals surface area (Å²) in [7, 11) is 0. The fourth-order valence-electron chi connectivity index (χ4n) is 8.79. The fraction of sp³-hybridized carbons (Fsp3) is 0.500. The molecule has 0 radical (unpaired) electrons. The van der Waals surface area contributed by atoms with Crippen LogP contribution in [0.15, 0.2) is 30.3 Å². The fourth-order valence-corrected chi connectivity index (χ4v) is 8.79. The van der Waals surface area contributed by atoms with Gasteiger partial charge in [-0.15, -0.1) is 0 Å². The summed E-state index contributed by atoms with van der Waals surface area (Å²) in [5.41, 5.74) is 1.84. The number of fused-ring (bicyclic) bond motifs is 7. The van der Waals surface area contributed by atoms with Gasteiger partial charge in [-0.05, 0) is 86.5 Å². The maximum Gasteiger partial charge on any atom is 0.319 e. The van der Waals surface area contributed by atoms with Crippen molar-refractivity contribution in [2.45, 2.75) is 75.5 Å². The number of nitrogens with one attached hydrogen (secondary N) is 1. The van der Waals surface area contributed by atoms with Gasteiger partial charge in [0.25, 0.3) is 0 Å². The third-order valence-electron chi connectivity index (χ3n) is 10.9. The molecule has 0 saturated carbocycles. The van der Waals surface area contributed by atoms with Crippen molar-refractivity contribution < 1.29 is 19.0 Å². The molecule has 9 rings (SSSR count). The largest absolute Gasteiger partial charge is 0.508 e. The first-order valence-corrected chi connectivity index (χ1v) is 16.2. The van der Waals surface area contributed by atoms with Gasteiger partial charge >= 0.3 is 6.01 Å². The van der Waals surface area contributed by atoms with Gasteiger partial charge in [0.1, 0.15) is 41.4 Å². The lowest BCUT2D eigenvalue weighted by Crippen LogP contribution is -2.60. The monoisotopic (exact) mass is 596 g/mol. The van der Waals surface area contributed by atoms with E-state index in [0.717, 1.165) is 68.1 Å². The van der Waals surface area contributed by atoms with E-state index >= 15 is 4.39 Å². The lowest BCUT2D eigenvalue weighted by Gasteiger charge is -2.40. The average Bonchev–Trinajstić information content (AvgIpc) is 3.71. The van der Waals surface area contributed by atoms with Gasteiger partial charge in [0.2, 0.25) is 5.88 Å². The van der Waals surface area contributed by atoms with Crippen molar-refractivity contribution in [1.29, 1.82) is 0 Å². The van der Waals surface area contributed by atoms with Crippen molar-refractivity contribution in [3.63, 3.8) is 0 Å². The molecular weight excluding hydrogens is 559 g/mol. The Morgan fingerprint density at radius 1 is 1.11 bits per heavy atom. The topological polar surface area (TPSA) is 95.9 Å². The van der Waals surface area contributed by atoms with Crippen LogP contribution in [0.4, 0.5) is 10.2 Å². The smallest absolute Gasteiger partial charge is 0.319 e. The Labute approximate surface area is 255 Å². The SMILES string of the molecule is CCc1cccc2cc(O)cc(-c3nc4c5c(nc(OCC67CCCN6CCC7)nc5c3F)N3C[C@H]5CC[C@H](N5)[C@@H]3CO4)c12. The Morgan fingerprint density at radius 3 is 2.82 bits per heavy atom. The van der Waals surface area contributed by atoms with Gasteiger partial charge in [-0.3, -0.25) is 4.90 Å². The Kier molecular flexibility index (Phi) is 5.97. The van der Waals surface area contributed by atoms with Crippen LogP contribution in [-0.2, 0) is 6.42 Å². The van der Waals surface area contributed by atoms with Crippen LogP contribution in [0, 0.1) is 5.82 Å². The molecule has 0 aliphatic carbocycles. The molecule has 0 unspecified atom stereocenters. The molecular formula is C34H37FN6O3. The molecule has 10 heteroatoms. The summed E-state index contributed by atoms with van der Waals surface area (Å²) in [5, 5.41) is 16.6. The number of anilines is 1. The molecule has 4 fully saturated rings. The molecule has 9 nitrogen and oxygen atoms in total. The average molecular weight is 597 g/mol. The van der Waals surface area contributed by atoms with Gasteiger partial charge in [-0.2, -0.15) is 9.97 Å². The van der Waals surface area contributed by atoms with E-state index in [1.807, 2.05) is 18.2 Å². The van der Waals surface area contributed by atoms with E-state index in [-0.39, 0.29) is 40.6 Å². The predicted molar refractivity (Wildman–Crippen MR) is 166 cm³/mol. The first kappa shape index (κ1) is 26.6. The number of hydrogen-bond acceptors (Lipinski definition) is 9. The van der Waals surface area contributed by atoms with Crippen molar-refractivity contribution >= 4 is 27.5 Å². The lowest BCUT2D eigenvalue weighted by atomic mass is 9.95. The predicted octanol–water partition coefficient (Wildman–Crippen LogP) is 4.96. The van der Waals surface area contributed by atoms with Crippen LogP contribution in [0.1, 0.15) is 51.0 Å². The molecule has 5 aliphatic heterocycles. The first-order valence-electron chi connectivity index (χ1n) is 16.2. The number of aromatic hydroxyl groups is 1. The molecule has 5 aliphatic rings. The quantitative estimate of drug-likeness (QED) is 0.331. The number of phenols is 1. The minimum Gasteiger partial charge on any atom is -0.508 e. The van der Waals surface area contributed by atoms with E-state index in [0.29, 0.717) is 41.9 Å². The number of hydrogen-bond donors (Lipinski definition) is 2. The number of rotatable bonds is 5. The minimum absolute atomic E-state index is 0.0103. The van der Waals surface area contributed by atoms with Crippen LogP contribution in [0.25, 0.3) is 32.9 Å². The summed E-state index contributed by atoms with van der Waals surface area (Å²) in [6, 6.07) is 10.1. The number of halogens is 1. The number of ether oxygens (including phenoxy) is 2. The standard InChI is InChI=1S/C34H37FN6O3/c1-2-19-6-3-7-20-14-22(42)15-23(26(19)20)29-28(35)30-27-31(39-33(38-30)44-18-34-10-4-12-40(34)13-5-11-34)41-16-21-8-9-24(36-21)25(41)17-43-32(27)37-29/h3,6-7,14-15,21,24-25,36,42H,2,4-5,8-13,16-18H2,1H3/t21-,24+,25+/m1/s1. The lowest BCUT2D eigenvalue weighted by molar-refractivity contribution is 0.108. The third kappa shape index (κ3) is 3.92. The number of aryl methyl sites for hydroxylation is 1. The Morgan fingerprint density at radius 2 is 1.98 bits per heavy atom. The maximum atomic E-state index is 17.0. The van der Waals surface area contributed by atoms with Gasteiger partial charge in [0.15, 0.2) is 5.82 Å². The van der Waals surface area contributed by atoms with Gasteiger partial charge in [-0.1, -0.05) is 25.1 Å². The first-order chi connectivity index (χ1) is 21.5. The van der Waals surface area contributed by atoms with E-state index in [4.69, 9.17) is 24.4 Å². The Balaban J connectivity index is 1.24. The number of piperazine rings is 1. The summed E-state index contributed by atoms with van der Waals surface area (Å²) in [4.78, 5) is 19.4. The number of aromatic nitrogens is 3. The number of benzene rings is 2. The number of pyridine rings is 1. The van der Waals surface area contributed by atoms with Crippen LogP contribution in [0.5, 0.6) is 17.6 Å². The molecule has 0 spiro atoms. The molecule has 228 valence electrons. The van der Waals surface area contributed by atoms with Crippen LogP contribution in [0.3, 0.4) is 0 Å². The van der Waals surface area contributed by atoms with Gasteiger partial charge in [0, 0.05) is 24.2 Å². The zero-order valence-corrected chi connectivity index (χ0v) is 25.0. The summed E-state index contributed by atoms with van der Waals surface area (Å²) < 4.78 is 29.9. The normalized spacial score (nSPS) is 25.2. The molecule has 44 heavy (non-hydrogen) atoms. The summed E-state index contributed by atoms with van der Waals surface area (Å²) >= 11 is 0. The van der Waals surface area contributed by atoms with Crippen molar-refractivity contribution in [2.24, 2.45) is 0 Å². The van der Waals surface area contributed by atoms with Crippen LogP contribution in [0.2, 0.25) is 0 Å². The second-order valence-electron chi connectivity index (χ2n) is 13.3. The summed E-state index contributed by atoms with van der Waals surface area (Å²) in [6.07, 6.45) is 7.44. The second-order valence-corrected chi connectivity index (χ2v) is 13.3. The molecule has 2 aromatic carbocycles. The summed E-state index contributed by atoms with van der Waals surface area (Å²) in [6.45, 7) is 5.93. The molecule has 2 aromatic heterocycles. The molecule has 7 heterocycles. The number of nitrogens with zero attached hydrogens (tertiary/aromatic N) is 5. The number of phenolic OH excluding ortho intramolecular Hbond substituents is 1. The van der Waals surface area contributed by atoms with Crippen molar-refractivity contribution in [3.8, 4) is 28.9 Å². The van der Waals surface area contributed by atoms with Gasteiger partial charge in [-0.25, -0.2) is 9.37 Å². The van der Waals surface area contributed by atoms with Gasteiger partial charge in [0.05, 0.1) is 11.6 Å². The highest BCUT2D eigenvalue weighted by Crippen LogP contribution is 2.45. The molecule has 2 N–H and O–H groups in total. The molecule has 2 bridgehead atoms. The van der Waals surface area contributed by atoms with Crippen LogP contribution < -0.4 is 19.7 Å². The third-order valence-corrected chi connectivity index (χ3v) is 10.9.